The van der Waals surface area contributed by atoms with Gasteiger partial charge in [0.2, 0.25) is 0 Å². The summed E-state index contributed by atoms with van der Waals surface area (Å²) >= 11 is 0. The first-order valence-electron chi connectivity index (χ1n) is 9.92. The topological polar surface area (TPSA) is 81.9 Å². The van der Waals surface area contributed by atoms with Gasteiger partial charge in [0, 0.05) is 18.0 Å². The highest BCUT2D eigenvalue weighted by Crippen LogP contribution is 2.19. The van der Waals surface area contributed by atoms with Gasteiger partial charge in [0.25, 0.3) is 5.91 Å². The lowest BCUT2D eigenvalue weighted by molar-refractivity contribution is -0.147. The maximum absolute atomic E-state index is 12.7. The molecule has 0 aliphatic carbocycles. The molecule has 0 aliphatic rings. The van der Waals surface area contributed by atoms with Gasteiger partial charge in [-0.1, -0.05) is 25.5 Å². The minimum Gasteiger partial charge on any atom is -0.487 e. The molecule has 0 fully saturated rings. The lowest BCUT2D eigenvalue weighted by atomic mass is 9.95. The Morgan fingerprint density at radius 2 is 2.00 bits per heavy atom. The molecule has 1 N–H and O–H groups in total. The first kappa shape index (κ1) is 21.4. The van der Waals surface area contributed by atoms with Crippen LogP contribution in [0.3, 0.4) is 0 Å². The van der Waals surface area contributed by atoms with Gasteiger partial charge in [-0.05, 0) is 50.1 Å². The number of amides is 1. The summed E-state index contributed by atoms with van der Waals surface area (Å²) in [7, 11) is 1.32. The molecule has 3 aromatic rings. The van der Waals surface area contributed by atoms with E-state index in [0.717, 1.165) is 23.3 Å². The van der Waals surface area contributed by atoms with Crippen molar-refractivity contribution in [1.29, 1.82) is 0 Å². The molecule has 7 nitrogen and oxygen atoms in total. The van der Waals surface area contributed by atoms with Gasteiger partial charge in [-0.25, -0.2) is 9.78 Å². The molecule has 1 aromatic carbocycles. The van der Waals surface area contributed by atoms with E-state index < -0.39 is 11.5 Å². The number of hydrogen-bond donors (Lipinski definition) is 1. The Hall–Kier alpha value is -3.35. The Morgan fingerprint density at radius 1 is 1.20 bits per heavy atom. The Kier molecular flexibility index (Phi) is 6.40. The third-order valence-corrected chi connectivity index (χ3v) is 4.91. The number of aromatic nitrogens is 2. The van der Waals surface area contributed by atoms with Crippen molar-refractivity contribution in [2.75, 3.05) is 7.11 Å². The van der Waals surface area contributed by atoms with Crippen LogP contribution < -0.4 is 10.1 Å². The molecule has 30 heavy (non-hydrogen) atoms. The summed E-state index contributed by atoms with van der Waals surface area (Å²) in [5.41, 5.74) is 2.12. The van der Waals surface area contributed by atoms with Gasteiger partial charge in [-0.2, -0.15) is 0 Å². The number of imidazole rings is 1. The van der Waals surface area contributed by atoms with Gasteiger partial charge < -0.3 is 19.2 Å². The van der Waals surface area contributed by atoms with E-state index in [9.17, 15) is 9.59 Å². The van der Waals surface area contributed by atoms with Crippen LogP contribution in [0.1, 0.15) is 48.3 Å². The van der Waals surface area contributed by atoms with Crippen LogP contribution in [-0.4, -0.2) is 33.9 Å². The van der Waals surface area contributed by atoms with E-state index in [1.54, 1.807) is 31.2 Å². The number of rotatable bonds is 8. The Bertz CT molecular complexity index is 1060. The number of hydrogen-bond acceptors (Lipinski definition) is 5. The fourth-order valence-electron chi connectivity index (χ4n) is 3.37. The number of carbonyl (C=O) groups is 2. The summed E-state index contributed by atoms with van der Waals surface area (Å²) in [6.45, 7) is 5.92. The van der Waals surface area contributed by atoms with E-state index in [-0.39, 0.29) is 12.5 Å². The van der Waals surface area contributed by atoms with Crippen LogP contribution in [0.15, 0.2) is 48.8 Å². The quantitative estimate of drug-likeness (QED) is 0.574. The summed E-state index contributed by atoms with van der Waals surface area (Å²) in [6, 6.07) is 10.8. The smallest absolute Gasteiger partial charge is 0.331 e. The number of ether oxygens (including phenoxy) is 2. The highest BCUT2D eigenvalue weighted by Gasteiger charge is 2.35. The molecule has 158 valence electrons. The van der Waals surface area contributed by atoms with Crippen molar-refractivity contribution in [3.8, 4) is 5.75 Å². The van der Waals surface area contributed by atoms with Crippen molar-refractivity contribution in [3.63, 3.8) is 0 Å². The van der Waals surface area contributed by atoms with Gasteiger partial charge in [0.1, 0.15) is 23.5 Å². The normalized spacial score (nSPS) is 12.9. The molecule has 1 amide bonds. The molecule has 3 rings (SSSR count). The average Bonchev–Trinajstić information content (AvgIpc) is 3.14. The molecule has 0 spiro atoms. The molecule has 0 aliphatic heterocycles. The summed E-state index contributed by atoms with van der Waals surface area (Å²) in [5.74, 6) is -0.275. The number of benzene rings is 1. The standard InChI is InChI=1S/C23H27N3O4/c1-5-11-23(3,22(28)29-4)25-21(27)17-7-6-8-19(12-17)30-15-18-14-26-13-16(2)9-10-20(26)24-18/h6-10,12-14H,5,11,15H2,1-4H3,(H,25,27). The monoisotopic (exact) mass is 409 g/mol. The van der Waals surface area contributed by atoms with Crippen LogP contribution in [0.5, 0.6) is 5.75 Å². The van der Waals surface area contributed by atoms with Crippen molar-refractivity contribution in [3.05, 3.63) is 65.6 Å². The number of pyridine rings is 1. The number of esters is 1. The van der Waals surface area contributed by atoms with E-state index in [1.807, 2.05) is 42.8 Å². The number of fused-ring (bicyclic) bond motifs is 1. The maximum Gasteiger partial charge on any atom is 0.331 e. The van der Waals surface area contributed by atoms with E-state index in [4.69, 9.17) is 9.47 Å². The molecule has 7 heteroatoms. The van der Waals surface area contributed by atoms with E-state index >= 15 is 0 Å². The second kappa shape index (κ2) is 8.98. The van der Waals surface area contributed by atoms with Crippen LogP contribution in [0.25, 0.3) is 5.65 Å². The van der Waals surface area contributed by atoms with Gasteiger partial charge in [-0.3, -0.25) is 4.79 Å². The van der Waals surface area contributed by atoms with Crippen LogP contribution in [0, 0.1) is 6.92 Å². The highest BCUT2D eigenvalue weighted by molar-refractivity contribution is 5.98. The molecule has 1 atom stereocenters. The largest absolute Gasteiger partial charge is 0.487 e. The lowest BCUT2D eigenvalue weighted by Gasteiger charge is -2.27. The Labute approximate surface area is 176 Å². The van der Waals surface area contributed by atoms with Crippen molar-refractivity contribution in [2.45, 2.75) is 45.8 Å². The predicted molar refractivity (Wildman–Crippen MR) is 113 cm³/mol. The molecule has 0 bridgehead atoms. The average molecular weight is 409 g/mol. The second-order valence-corrected chi connectivity index (χ2v) is 7.55. The van der Waals surface area contributed by atoms with Crippen molar-refractivity contribution in [1.82, 2.24) is 14.7 Å². The van der Waals surface area contributed by atoms with Gasteiger partial charge in [0.15, 0.2) is 0 Å². The first-order chi connectivity index (χ1) is 14.3. The minimum absolute atomic E-state index is 0.279. The third kappa shape index (κ3) is 4.79. The number of methoxy groups -OCH3 is 1. The van der Waals surface area contributed by atoms with E-state index in [2.05, 4.69) is 10.3 Å². The molecule has 2 heterocycles. The zero-order valence-corrected chi connectivity index (χ0v) is 17.8. The van der Waals surface area contributed by atoms with E-state index in [0.29, 0.717) is 17.7 Å². The fourth-order valence-corrected chi connectivity index (χ4v) is 3.37. The molecule has 1 unspecified atom stereocenters. The van der Waals surface area contributed by atoms with Crippen molar-refractivity contribution >= 4 is 17.5 Å². The molecule has 2 aromatic heterocycles. The maximum atomic E-state index is 12.7. The summed E-state index contributed by atoms with van der Waals surface area (Å²) < 4.78 is 12.7. The Balaban J connectivity index is 1.70. The van der Waals surface area contributed by atoms with Gasteiger partial charge in [0.05, 0.1) is 12.8 Å². The summed E-state index contributed by atoms with van der Waals surface area (Å²) in [6.07, 6.45) is 5.14. The molecular weight excluding hydrogens is 382 g/mol. The first-order valence-corrected chi connectivity index (χ1v) is 9.92. The zero-order chi connectivity index (χ0) is 21.7. The molecule has 0 radical (unpaired) electrons. The van der Waals surface area contributed by atoms with Crippen LogP contribution in [-0.2, 0) is 16.1 Å². The molecule has 0 saturated heterocycles. The second-order valence-electron chi connectivity index (χ2n) is 7.55. The summed E-state index contributed by atoms with van der Waals surface area (Å²) in [4.78, 5) is 29.4. The lowest BCUT2D eigenvalue weighted by Crippen LogP contribution is -2.52. The zero-order valence-electron chi connectivity index (χ0n) is 17.8. The van der Waals surface area contributed by atoms with Crippen molar-refractivity contribution < 1.29 is 19.1 Å². The SMILES string of the molecule is CCCC(C)(NC(=O)c1cccc(OCc2cn3cc(C)ccc3n2)c1)C(=O)OC. The number of carbonyl (C=O) groups excluding carboxylic acids is 2. The highest BCUT2D eigenvalue weighted by atomic mass is 16.5. The van der Waals surface area contributed by atoms with E-state index in [1.165, 1.54) is 7.11 Å². The van der Waals surface area contributed by atoms with Gasteiger partial charge in [-0.15, -0.1) is 0 Å². The fraction of sp³-hybridized carbons (Fsp3) is 0.348. The van der Waals surface area contributed by atoms with Crippen LogP contribution in [0.2, 0.25) is 0 Å². The number of nitrogens with zero attached hydrogens (tertiary/aromatic N) is 2. The Morgan fingerprint density at radius 3 is 2.73 bits per heavy atom. The number of aryl methyl sites for hydroxylation is 1. The molecular formula is C23H27N3O4. The summed E-state index contributed by atoms with van der Waals surface area (Å²) in [5, 5.41) is 2.80. The predicted octanol–water partition coefficient (Wildman–Crippen LogP) is 3.68. The van der Waals surface area contributed by atoms with Crippen LogP contribution in [0.4, 0.5) is 0 Å². The third-order valence-electron chi connectivity index (χ3n) is 4.91. The van der Waals surface area contributed by atoms with Crippen molar-refractivity contribution in [2.24, 2.45) is 0 Å². The minimum atomic E-state index is -1.08. The molecule has 0 saturated carbocycles. The van der Waals surface area contributed by atoms with Gasteiger partial charge >= 0.3 is 5.97 Å². The van der Waals surface area contributed by atoms with Crippen LogP contribution >= 0.6 is 0 Å². The number of nitrogens with one attached hydrogen (secondary N) is 1.